The van der Waals surface area contributed by atoms with Gasteiger partial charge >= 0.3 is 0 Å². The summed E-state index contributed by atoms with van der Waals surface area (Å²) in [5.41, 5.74) is 2.44. The van der Waals surface area contributed by atoms with E-state index in [1.807, 2.05) is 30.3 Å². The Balaban J connectivity index is 1.47. The van der Waals surface area contributed by atoms with Gasteiger partial charge < -0.3 is 14.8 Å². The van der Waals surface area contributed by atoms with E-state index in [-0.39, 0.29) is 5.91 Å². The molecule has 1 saturated heterocycles. The van der Waals surface area contributed by atoms with E-state index >= 15 is 0 Å². The number of hydrogen-bond donors (Lipinski definition) is 1. The average Bonchev–Trinajstić information content (AvgIpc) is 2.73. The number of benzene rings is 2. The molecule has 0 radical (unpaired) electrons. The van der Waals surface area contributed by atoms with Crippen molar-refractivity contribution in [3.05, 3.63) is 59.7 Å². The molecule has 3 rings (SSSR count). The van der Waals surface area contributed by atoms with Crippen LogP contribution in [-0.4, -0.2) is 50.0 Å². The fraction of sp³-hybridized carbons (Fsp3) is 0.381. The molecule has 1 aliphatic heterocycles. The average molecular weight is 387 g/mol. The maximum atomic E-state index is 12.2. The van der Waals surface area contributed by atoms with E-state index in [1.54, 1.807) is 7.11 Å². The number of hydrogen-bond acceptors (Lipinski definition) is 5. The fourth-order valence-electron chi connectivity index (χ4n) is 2.95. The highest BCUT2D eigenvalue weighted by Gasteiger charge is 2.13. The van der Waals surface area contributed by atoms with Crippen LogP contribution in [0, 0.1) is 0 Å². The second-order valence-electron chi connectivity index (χ2n) is 6.40. The van der Waals surface area contributed by atoms with E-state index < -0.39 is 0 Å². The van der Waals surface area contributed by atoms with Gasteiger partial charge in [-0.25, -0.2) is 0 Å². The summed E-state index contributed by atoms with van der Waals surface area (Å²) in [6, 6.07) is 16.1. The van der Waals surface area contributed by atoms with Crippen molar-refractivity contribution in [2.24, 2.45) is 0 Å². The van der Waals surface area contributed by atoms with Gasteiger partial charge in [0.25, 0.3) is 0 Å². The standard InChI is InChI=1S/C21H26N2O3S/c1-25-19-6-8-20(9-7-19)27-16-21(24)22-14-17-4-2-3-5-18(17)15-23-10-12-26-13-11-23/h2-9H,10-16H2,1H3,(H,22,24). The maximum Gasteiger partial charge on any atom is 0.230 e. The molecule has 1 aliphatic rings. The second-order valence-corrected chi connectivity index (χ2v) is 7.45. The molecular formula is C21H26N2O3S. The molecule has 27 heavy (non-hydrogen) atoms. The van der Waals surface area contributed by atoms with Gasteiger partial charge in [0.15, 0.2) is 0 Å². The van der Waals surface area contributed by atoms with Crippen LogP contribution in [0.1, 0.15) is 11.1 Å². The van der Waals surface area contributed by atoms with Gasteiger partial charge in [0, 0.05) is 31.1 Å². The summed E-state index contributed by atoms with van der Waals surface area (Å²) in [5, 5.41) is 3.04. The van der Waals surface area contributed by atoms with Crippen molar-refractivity contribution >= 4 is 17.7 Å². The summed E-state index contributed by atoms with van der Waals surface area (Å²) in [6.07, 6.45) is 0. The van der Waals surface area contributed by atoms with Crippen LogP contribution in [-0.2, 0) is 22.6 Å². The molecule has 0 unspecified atom stereocenters. The van der Waals surface area contributed by atoms with Crippen molar-refractivity contribution in [1.29, 1.82) is 0 Å². The smallest absolute Gasteiger partial charge is 0.230 e. The van der Waals surface area contributed by atoms with Gasteiger partial charge in [-0.05, 0) is 35.4 Å². The molecule has 0 spiro atoms. The number of nitrogens with zero attached hydrogens (tertiary/aromatic N) is 1. The summed E-state index contributed by atoms with van der Waals surface area (Å²) >= 11 is 1.53. The largest absolute Gasteiger partial charge is 0.497 e. The van der Waals surface area contributed by atoms with E-state index in [0.717, 1.165) is 43.5 Å². The van der Waals surface area contributed by atoms with Crippen molar-refractivity contribution in [3.8, 4) is 5.75 Å². The first-order chi connectivity index (χ1) is 13.2. The quantitative estimate of drug-likeness (QED) is 0.707. The minimum Gasteiger partial charge on any atom is -0.497 e. The third-order valence-corrected chi connectivity index (χ3v) is 5.53. The van der Waals surface area contributed by atoms with Crippen molar-refractivity contribution in [1.82, 2.24) is 10.2 Å². The molecule has 0 bridgehead atoms. The maximum absolute atomic E-state index is 12.2. The Hall–Kier alpha value is -2.02. The molecule has 0 aliphatic carbocycles. The lowest BCUT2D eigenvalue weighted by atomic mass is 10.1. The Morgan fingerprint density at radius 3 is 2.52 bits per heavy atom. The SMILES string of the molecule is COc1ccc(SCC(=O)NCc2ccccc2CN2CCOCC2)cc1. The van der Waals surface area contributed by atoms with Crippen molar-refractivity contribution in [2.45, 2.75) is 18.0 Å². The monoisotopic (exact) mass is 386 g/mol. The molecule has 6 heteroatoms. The molecule has 1 heterocycles. The molecule has 0 atom stereocenters. The number of amides is 1. The summed E-state index contributed by atoms with van der Waals surface area (Å²) < 4.78 is 10.6. The fourth-order valence-corrected chi connectivity index (χ4v) is 3.68. The minimum absolute atomic E-state index is 0.0389. The number of nitrogens with one attached hydrogen (secondary N) is 1. The molecule has 2 aromatic rings. The van der Waals surface area contributed by atoms with E-state index in [4.69, 9.17) is 9.47 Å². The number of morpholine rings is 1. The van der Waals surface area contributed by atoms with Gasteiger partial charge in [-0.15, -0.1) is 11.8 Å². The highest BCUT2D eigenvalue weighted by molar-refractivity contribution is 8.00. The number of carbonyl (C=O) groups excluding carboxylic acids is 1. The Bertz CT molecular complexity index is 730. The van der Waals surface area contributed by atoms with Crippen LogP contribution in [0.15, 0.2) is 53.4 Å². The molecule has 0 saturated carbocycles. The molecule has 5 nitrogen and oxygen atoms in total. The van der Waals surface area contributed by atoms with Gasteiger partial charge in [-0.2, -0.15) is 0 Å². The Morgan fingerprint density at radius 1 is 1.11 bits per heavy atom. The number of carbonyl (C=O) groups is 1. The third-order valence-electron chi connectivity index (χ3n) is 4.52. The number of rotatable bonds is 8. The third kappa shape index (κ3) is 6.27. The topological polar surface area (TPSA) is 50.8 Å². The van der Waals surface area contributed by atoms with Crippen molar-refractivity contribution in [3.63, 3.8) is 0 Å². The highest BCUT2D eigenvalue weighted by atomic mass is 32.2. The Kier molecular flexibility index (Phi) is 7.56. The van der Waals surface area contributed by atoms with Crippen LogP contribution in [0.4, 0.5) is 0 Å². The minimum atomic E-state index is 0.0389. The zero-order chi connectivity index (χ0) is 18.9. The van der Waals surface area contributed by atoms with Gasteiger partial charge in [0.05, 0.1) is 26.1 Å². The predicted octanol–water partition coefficient (Wildman–Crippen LogP) is 2.94. The summed E-state index contributed by atoms with van der Waals surface area (Å²) in [4.78, 5) is 15.7. The van der Waals surface area contributed by atoms with E-state index in [1.165, 1.54) is 22.9 Å². The first-order valence-corrected chi connectivity index (χ1v) is 10.1. The van der Waals surface area contributed by atoms with Gasteiger partial charge in [0.2, 0.25) is 5.91 Å². The summed E-state index contributed by atoms with van der Waals surface area (Å²) in [7, 11) is 1.65. The molecule has 1 fully saturated rings. The zero-order valence-corrected chi connectivity index (χ0v) is 16.5. The number of ether oxygens (including phenoxy) is 2. The predicted molar refractivity (Wildman–Crippen MR) is 108 cm³/mol. The zero-order valence-electron chi connectivity index (χ0n) is 15.6. The Labute approximate surface area is 165 Å². The lowest BCUT2D eigenvalue weighted by molar-refractivity contribution is -0.118. The summed E-state index contributed by atoms with van der Waals surface area (Å²) in [6.45, 7) is 4.96. The first-order valence-electron chi connectivity index (χ1n) is 9.15. The molecule has 2 aromatic carbocycles. The van der Waals surface area contributed by atoms with Crippen molar-refractivity contribution < 1.29 is 14.3 Å². The normalized spacial score (nSPS) is 14.7. The van der Waals surface area contributed by atoms with Crippen LogP contribution in [0.25, 0.3) is 0 Å². The Morgan fingerprint density at radius 2 is 1.81 bits per heavy atom. The lowest BCUT2D eigenvalue weighted by Gasteiger charge is -2.27. The van der Waals surface area contributed by atoms with Crippen LogP contribution in [0.5, 0.6) is 5.75 Å². The van der Waals surface area contributed by atoms with E-state index in [9.17, 15) is 4.79 Å². The van der Waals surface area contributed by atoms with Gasteiger partial charge in [0.1, 0.15) is 5.75 Å². The molecule has 1 N–H and O–H groups in total. The van der Waals surface area contributed by atoms with Crippen LogP contribution >= 0.6 is 11.8 Å². The van der Waals surface area contributed by atoms with Crippen LogP contribution < -0.4 is 10.1 Å². The van der Waals surface area contributed by atoms with Crippen molar-refractivity contribution in [2.75, 3.05) is 39.2 Å². The number of methoxy groups -OCH3 is 1. The van der Waals surface area contributed by atoms with E-state index in [0.29, 0.717) is 12.3 Å². The van der Waals surface area contributed by atoms with Crippen LogP contribution in [0.3, 0.4) is 0 Å². The van der Waals surface area contributed by atoms with Crippen LogP contribution in [0.2, 0.25) is 0 Å². The highest BCUT2D eigenvalue weighted by Crippen LogP contribution is 2.21. The molecular weight excluding hydrogens is 360 g/mol. The number of thioether (sulfide) groups is 1. The first kappa shape index (κ1) is 19.7. The van der Waals surface area contributed by atoms with E-state index in [2.05, 4.69) is 28.4 Å². The van der Waals surface area contributed by atoms with Gasteiger partial charge in [-0.3, -0.25) is 9.69 Å². The van der Waals surface area contributed by atoms with Gasteiger partial charge in [-0.1, -0.05) is 24.3 Å². The molecule has 0 aromatic heterocycles. The summed E-state index contributed by atoms with van der Waals surface area (Å²) in [5.74, 6) is 1.26. The lowest BCUT2D eigenvalue weighted by Crippen LogP contribution is -2.36. The molecule has 1 amide bonds. The second kappa shape index (κ2) is 10.3. The molecule has 144 valence electrons.